The number of aromatic nitrogens is 2. The van der Waals surface area contributed by atoms with Crippen LogP contribution in [0.25, 0.3) is 22.3 Å². The van der Waals surface area contributed by atoms with Crippen LogP contribution in [0, 0.1) is 11.6 Å². The maximum Gasteiger partial charge on any atom is 0.219 e. The van der Waals surface area contributed by atoms with Crippen molar-refractivity contribution in [1.29, 1.82) is 0 Å². The van der Waals surface area contributed by atoms with Crippen LogP contribution in [-0.2, 0) is 15.1 Å². The molecule has 10 heteroatoms. The Morgan fingerprint density at radius 2 is 1.76 bits per heavy atom. The number of hydrogen-bond donors (Lipinski definition) is 2. The smallest absolute Gasteiger partial charge is 0.219 e. The second kappa shape index (κ2) is 10.2. The van der Waals surface area contributed by atoms with E-state index in [1.54, 1.807) is 18.2 Å². The summed E-state index contributed by atoms with van der Waals surface area (Å²) < 4.78 is 41.5. The lowest BCUT2D eigenvalue weighted by Gasteiger charge is -2.29. The zero-order valence-electron chi connectivity index (χ0n) is 21.2. The van der Waals surface area contributed by atoms with Gasteiger partial charge in [0.2, 0.25) is 11.8 Å². The highest BCUT2D eigenvalue weighted by Gasteiger charge is 2.23. The zero-order valence-corrected chi connectivity index (χ0v) is 22.0. The highest BCUT2D eigenvalue weighted by molar-refractivity contribution is 6.36. The van der Waals surface area contributed by atoms with Gasteiger partial charge >= 0.3 is 0 Å². The van der Waals surface area contributed by atoms with Crippen molar-refractivity contribution in [3.8, 4) is 22.9 Å². The summed E-state index contributed by atoms with van der Waals surface area (Å²) in [6.07, 6.45) is 0. The Balaban J connectivity index is 1.41. The van der Waals surface area contributed by atoms with Crippen LogP contribution in [0.2, 0.25) is 5.02 Å². The Labute approximate surface area is 223 Å². The van der Waals surface area contributed by atoms with E-state index >= 15 is 8.78 Å². The third kappa shape index (κ3) is 5.16. The molecule has 4 aromatic rings. The van der Waals surface area contributed by atoms with Gasteiger partial charge < -0.3 is 24.7 Å². The van der Waals surface area contributed by atoms with E-state index in [0.29, 0.717) is 48.8 Å². The summed E-state index contributed by atoms with van der Waals surface area (Å²) in [4.78, 5) is 20.9. The number of fused-ring (bicyclic) bond motifs is 1. The molecule has 0 spiro atoms. The van der Waals surface area contributed by atoms with Crippen LogP contribution < -0.4 is 15.0 Å². The largest absolute Gasteiger partial charge is 0.439 e. The average Bonchev–Trinajstić information content (AvgIpc) is 3.18. The first-order valence-electron chi connectivity index (χ1n) is 12.2. The van der Waals surface area contributed by atoms with E-state index in [1.165, 1.54) is 25.1 Å². The van der Waals surface area contributed by atoms with Crippen molar-refractivity contribution in [2.24, 2.45) is 0 Å². The van der Waals surface area contributed by atoms with Crippen LogP contribution in [-0.4, -0.2) is 42.2 Å². The predicted octanol–water partition coefficient (Wildman–Crippen LogP) is 6.16. The second-order valence-corrected chi connectivity index (χ2v) is 10.1. The topological polar surface area (TPSA) is 79.5 Å². The molecule has 0 atom stereocenters. The molecule has 1 amide bonds. The molecular weight excluding hydrogens is 514 g/mol. The number of H-pyrrole nitrogens is 1. The van der Waals surface area contributed by atoms with Crippen LogP contribution in [0.15, 0.2) is 48.5 Å². The van der Waals surface area contributed by atoms with E-state index in [0.717, 1.165) is 5.56 Å². The zero-order chi connectivity index (χ0) is 27.0. The van der Waals surface area contributed by atoms with Crippen LogP contribution in [0.4, 0.5) is 14.5 Å². The van der Waals surface area contributed by atoms with Crippen molar-refractivity contribution >= 4 is 34.2 Å². The average molecular weight is 541 g/mol. The third-order valence-corrected chi connectivity index (χ3v) is 6.85. The summed E-state index contributed by atoms with van der Waals surface area (Å²) in [5.74, 6) is -0.770. The molecule has 1 aliphatic rings. The minimum Gasteiger partial charge on any atom is -0.439 e. The van der Waals surface area contributed by atoms with Gasteiger partial charge in [-0.1, -0.05) is 23.7 Å². The fourth-order valence-electron chi connectivity index (χ4n) is 4.60. The summed E-state index contributed by atoms with van der Waals surface area (Å²) in [6, 6.07) is 13.1. The van der Waals surface area contributed by atoms with Crippen molar-refractivity contribution < 1.29 is 23.0 Å². The number of carbonyl (C=O) groups is 1. The molecule has 1 aliphatic heterocycles. The molecule has 1 fully saturated rings. The molecule has 0 unspecified atom stereocenters. The Kier molecular flexibility index (Phi) is 6.98. The molecule has 0 saturated carbocycles. The molecule has 1 saturated heterocycles. The number of halogens is 3. The summed E-state index contributed by atoms with van der Waals surface area (Å²) in [7, 11) is 0. The fraction of sp³-hybridized carbons (Fsp3) is 0.286. The number of nitrogens with zero attached hydrogens (tertiary/aromatic N) is 2. The first-order valence-corrected chi connectivity index (χ1v) is 12.6. The SMILES string of the molecule is CC(=O)NC(C)(C)c1ccc(Oc2[nH]c3ccc(-c4c(F)cc(N5CCOCC5)cc4F)nc3c2Cl)cc1. The number of ether oxygens (including phenoxy) is 2. The van der Waals surface area contributed by atoms with E-state index in [9.17, 15) is 4.79 Å². The summed E-state index contributed by atoms with van der Waals surface area (Å²) >= 11 is 6.56. The van der Waals surface area contributed by atoms with Gasteiger partial charge in [0, 0.05) is 25.7 Å². The highest BCUT2D eigenvalue weighted by atomic mass is 35.5. The van der Waals surface area contributed by atoms with Gasteiger partial charge in [0.15, 0.2) is 0 Å². The number of aromatic amines is 1. The minimum absolute atomic E-state index is 0.123. The van der Waals surface area contributed by atoms with Gasteiger partial charge in [-0.25, -0.2) is 13.8 Å². The standard InChI is InChI=1S/C28H27ClF2N4O3/c1-16(36)34-28(2,3)17-4-6-19(7-5-17)38-27-25(29)26-23(33-27)9-8-22(32-26)24-20(30)14-18(15-21(24)31)35-10-12-37-13-11-35/h4-9,14-15,33H,10-13H2,1-3H3,(H,34,36). The third-order valence-electron chi connectivity index (χ3n) is 6.49. The first kappa shape index (κ1) is 25.9. The Hall–Kier alpha value is -3.69. The number of carbonyl (C=O) groups excluding carboxylic acids is 1. The highest BCUT2D eigenvalue weighted by Crippen LogP contribution is 2.37. The van der Waals surface area contributed by atoms with Crippen LogP contribution in [0.5, 0.6) is 11.6 Å². The predicted molar refractivity (Wildman–Crippen MR) is 143 cm³/mol. The van der Waals surface area contributed by atoms with Crippen LogP contribution in [0.3, 0.4) is 0 Å². The summed E-state index contributed by atoms with van der Waals surface area (Å²) in [5.41, 5.74) is 1.61. The molecule has 3 heterocycles. The Bertz CT molecular complexity index is 1480. The van der Waals surface area contributed by atoms with Gasteiger partial charge in [0.25, 0.3) is 0 Å². The molecule has 38 heavy (non-hydrogen) atoms. The van der Waals surface area contributed by atoms with Crippen LogP contribution in [0.1, 0.15) is 26.3 Å². The minimum atomic E-state index is -0.705. The van der Waals surface area contributed by atoms with Crippen LogP contribution >= 0.6 is 11.6 Å². The molecule has 5 rings (SSSR count). The normalized spacial score (nSPS) is 14.1. The van der Waals surface area contributed by atoms with Gasteiger partial charge in [-0.3, -0.25) is 4.79 Å². The van der Waals surface area contributed by atoms with Crippen molar-refractivity contribution in [1.82, 2.24) is 15.3 Å². The molecule has 0 bridgehead atoms. The first-order chi connectivity index (χ1) is 18.1. The molecule has 0 radical (unpaired) electrons. The number of amides is 1. The molecule has 2 aromatic heterocycles. The second-order valence-electron chi connectivity index (χ2n) is 9.68. The molecular formula is C28H27ClF2N4O3. The van der Waals surface area contributed by atoms with Gasteiger partial charge in [-0.15, -0.1) is 0 Å². The Morgan fingerprint density at radius 3 is 2.39 bits per heavy atom. The lowest BCUT2D eigenvalue weighted by molar-refractivity contribution is -0.120. The number of morpholine rings is 1. The molecule has 2 N–H and O–H groups in total. The van der Waals surface area contributed by atoms with E-state index in [1.807, 2.05) is 30.9 Å². The number of anilines is 1. The molecule has 2 aromatic carbocycles. The van der Waals surface area contributed by atoms with Crippen molar-refractivity contribution in [3.05, 3.63) is 70.8 Å². The van der Waals surface area contributed by atoms with E-state index in [2.05, 4.69) is 15.3 Å². The fourth-order valence-corrected chi connectivity index (χ4v) is 4.83. The quantitative estimate of drug-likeness (QED) is 0.306. The van der Waals surface area contributed by atoms with Gasteiger partial charge in [-0.05, 0) is 55.8 Å². The van der Waals surface area contributed by atoms with Gasteiger partial charge in [-0.2, -0.15) is 0 Å². The lowest BCUT2D eigenvalue weighted by Crippen LogP contribution is -2.39. The van der Waals surface area contributed by atoms with Crippen molar-refractivity contribution in [3.63, 3.8) is 0 Å². The lowest BCUT2D eigenvalue weighted by atomic mass is 9.94. The van der Waals surface area contributed by atoms with E-state index in [4.69, 9.17) is 21.1 Å². The number of nitrogens with one attached hydrogen (secondary N) is 2. The Morgan fingerprint density at radius 1 is 1.11 bits per heavy atom. The monoisotopic (exact) mass is 540 g/mol. The maximum absolute atomic E-state index is 15.1. The van der Waals surface area contributed by atoms with E-state index in [-0.39, 0.29) is 28.1 Å². The van der Waals surface area contributed by atoms with Crippen molar-refractivity contribution in [2.75, 3.05) is 31.2 Å². The van der Waals surface area contributed by atoms with Gasteiger partial charge in [0.05, 0.1) is 35.5 Å². The maximum atomic E-state index is 15.1. The van der Waals surface area contributed by atoms with Crippen molar-refractivity contribution in [2.45, 2.75) is 26.3 Å². The molecule has 198 valence electrons. The number of rotatable bonds is 6. The molecule has 7 nitrogen and oxygen atoms in total. The van der Waals surface area contributed by atoms with Gasteiger partial charge in [0.1, 0.15) is 27.9 Å². The summed E-state index contributed by atoms with van der Waals surface area (Å²) in [6.45, 7) is 7.45. The number of hydrogen-bond acceptors (Lipinski definition) is 5. The summed E-state index contributed by atoms with van der Waals surface area (Å²) in [5, 5.41) is 3.09. The van der Waals surface area contributed by atoms with E-state index < -0.39 is 17.2 Å². The number of benzene rings is 2. The molecule has 0 aliphatic carbocycles. The number of pyridine rings is 1.